The number of nitrogens with one attached hydrogen (secondary N) is 3. The van der Waals surface area contributed by atoms with Gasteiger partial charge in [-0.3, -0.25) is 0 Å². The van der Waals surface area contributed by atoms with Crippen molar-refractivity contribution >= 4 is 0 Å². The Morgan fingerprint density at radius 3 is 2.00 bits per heavy atom. The first kappa shape index (κ1) is 10.3. The van der Waals surface area contributed by atoms with Crippen LogP contribution in [-0.4, -0.2) is 32.7 Å². The summed E-state index contributed by atoms with van der Waals surface area (Å²) in [7, 11) is 0. The van der Waals surface area contributed by atoms with Gasteiger partial charge < -0.3 is 16.0 Å². The van der Waals surface area contributed by atoms with Crippen LogP contribution in [0.2, 0.25) is 0 Å². The Morgan fingerprint density at radius 2 is 1.62 bits per heavy atom. The van der Waals surface area contributed by atoms with Crippen LogP contribution in [0.5, 0.6) is 0 Å². The fourth-order valence-electron chi connectivity index (χ4n) is 1.17. The van der Waals surface area contributed by atoms with Gasteiger partial charge in [0.2, 0.25) is 0 Å². The summed E-state index contributed by atoms with van der Waals surface area (Å²) < 4.78 is 0. The molecule has 0 aromatic heterocycles. The molecule has 74 valence electrons. The molecule has 0 aromatic carbocycles. The topological polar surface area (TPSA) is 36.1 Å². The molecule has 13 heavy (non-hydrogen) atoms. The van der Waals surface area contributed by atoms with Crippen LogP contribution in [0, 0.1) is 0 Å². The van der Waals surface area contributed by atoms with Crippen LogP contribution in [0.15, 0.2) is 24.4 Å². The van der Waals surface area contributed by atoms with E-state index in [4.69, 9.17) is 0 Å². The van der Waals surface area contributed by atoms with E-state index in [-0.39, 0.29) is 0 Å². The molecule has 0 atom stereocenters. The number of hydrogen-bond donors (Lipinski definition) is 3. The lowest BCUT2D eigenvalue weighted by molar-refractivity contribution is 0.718. The summed E-state index contributed by atoms with van der Waals surface area (Å²) in [6, 6.07) is 0. The molecule has 0 radical (unpaired) electrons. The minimum atomic E-state index is 0.983. The fourth-order valence-corrected chi connectivity index (χ4v) is 1.17. The lowest BCUT2D eigenvalue weighted by Crippen LogP contribution is -2.21. The second-order valence-electron chi connectivity index (χ2n) is 3.05. The average Bonchev–Trinajstić information content (AvgIpc) is 2.53. The van der Waals surface area contributed by atoms with E-state index >= 15 is 0 Å². The van der Waals surface area contributed by atoms with Crippen molar-refractivity contribution in [3.63, 3.8) is 0 Å². The SMILES string of the molecule is C1=CCNC=C1.C1CNCCNC1. The number of rotatable bonds is 0. The molecule has 0 aromatic rings. The van der Waals surface area contributed by atoms with Gasteiger partial charge in [0.15, 0.2) is 0 Å². The zero-order valence-electron chi connectivity index (χ0n) is 8.05. The van der Waals surface area contributed by atoms with E-state index in [0.29, 0.717) is 0 Å². The van der Waals surface area contributed by atoms with E-state index in [0.717, 1.165) is 19.6 Å². The van der Waals surface area contributed by atoms with Crippen molar-refractivity contribution in [2.45, 2.75) is 6.42 Å². The molecule has 2 rings (SSSR count). The molecule has 0 unspecified atom stereocenters. The van der Waals surface area contributed by atoms with Crippen LogP contribution in [0.3, 0.4) is 0 Å². The van der Waals surface area contributed by atoms with Crippen LogP contribution in [-0.2, 0) is 0 Å². The van der Waals surface area contributed by atoms with Crippen molar-refractivity contribution in [3.05, 3.63) is 24.4 Å². The van der Waals surface area contributed by atoms with Crippen molar-refractivity contribution < 1.29 is 0 Å². The third-order valence-electron chi connectivity index (χ3n) is 1.88. The Kier molecular flexibility index (Phi) is 6.19. The summed E-state index contributed by atoms with van der Waals surface area (Å²) in [5.74, 6) is 0. The Bertz CT molecular complexity index is 132. The first-order chi connectivity index (χ1) is 6.50. The van der Waals surface area contributed by atoms with Gasteiger partial charge in [-0.1, -0.05) is 12.2 Å². The van der Waals surface area contributed by atoms with Gasteiger partial charge in [0, 0.05) is 19.6 Å². The maximum atomic E-state index is 3.28. The van der Waals surface area contributed by atoms with Crippen LogP contribution in [0.1, 0.15) is 6.42 Å². The molecule has 1 fully saturated rings. The molecule has 0 amide bonds. The summed E-state index contributed by atoms with van der Waals surface area (Å²) >= 11 is 0. The molecule has 3 nitrogen and oxygen atoms in total. The molecule has 1 saturated heterocycles. The second-order valence-corrected chi connectivity index (χ2v) is 3.05. The smallest absolute Gasteiger partial charge is 0.0328 e. The van der Waals surface area contributed by atoms with E-state index < -0.39 is 0 Å². The monoisotopic (exact) mass is 181 g/mol. The minimum Gasteiger partial charge on any atom is -0.387 e. The fraction of sp³-hybridized carbons (Fsp3) is 0.600. The van der Waals surface area contributed by atoms with Crippen LogP contribution in [0.25, 0.3) is 0 Å². The first-order valence-electron chi connectivity index (χ1n) is 4.96. The summed E-state index contributed by atoms with van der Waals surface area (Å²) in [6.07, 6.45) is 9.28. The van der Waals surface area contributed by atoms with Gasteiger partial charge in [0.1, 0.15) is 0 Å². The average molecular weight is 181 g/mol. The number of hydrogen-bond acceptors (Lipinski definition) is 3. The van der Waals surface area contributed by atoms with Crippen LogP contribution >= 0.6 is 0 Å². The van der Waals surface area contributed by atoms with E-state index in [1.54, 1.807) is 0 Å². The van der Waals surface area contributed by atoms with Crippen molar-refractivity contribution in [2.24, 2.45) is 0 Å². The van der Waals surface area contributed by atoms with Gasteiger partial charge >= 0.3 is 0 Å². The van der Waals surface area contributed by atoms with Gasteiger partial charge in [0.25, 0.3) is 0 Å². The van der Waals surface area contributed by atoms with E-state index in [2.05, 4.69) is 22.0 Å². The highest BCUT2D eigenvalue weighted by Crippen LogP contribution is 1.78. The van der Waals surface area contributed by atoms with E-state index in [9.17, 15) is 0 Å². The third-order valence-corrected chi connectivity index (χ3v) is 1.88. The Labute approximate surface area is 80.3 Å². The minimum absolute atomic E-state index is 0.983. The molecule has 0 spiro atoms. The lowest BCUT2D eigenvalue weighted by atomic mass is 10.4. The lowest BCUT2D eigenvalue weighted by Gasteiger charge is -1.94. The normalized spacial score (nSPS) is 20.9. The predicted octanol–water partition coefficient (Wildman–Crippen LogP) is 0.229. The maximum Gasteiger partial charge on any atom is 0.0328 e. The first-order valence-corrected chi connectivity index (χ1v) is 4.96. The summed E-state index contributed by atoms with van der Waals surface area (Å²) in [6.45, 7) is 5.64. The Balaban J connectivity index is 0.000000132. The van der Waals surface area contributed by atoms with Crippen molar-refractivity contribution in [3.8, 4) is 0 Å². The molecule has 3 heteroatoms. The second kappa shape index (κ2) is 7.83. The van der Waals surface area contributed by atoms with Crippen molar-refractivity contribution in [1.82, 2.24) is 16.0 Å². The quantitative estimate of drug-likeness (QED) is 0.500. The van der Waals surface area contributed by atoms with E-state index in [1.807, 2.05) is 18.4 Å². The zero-order valence-corrected chi connectivity index (χ0v) is 8.05. The molecule has 2 aliphatic rings. The van der Waals surface area contributed by atoms with Crippen LogP contribution in [0.4, 0.5) is 0 Å². The molecular weight excluding hydrogens is 162 g/mol. The molecular formula is C10H19N3. The highest BCUT2D eigenvalue weighted by Gasteiger charge is 1.92. The van der Waals surface area contributed by atoms with Crippen molar-refractivity contribution in [1.29, 1.82) is 0 Å². The summed E-state index contributed by atoms with van der Waals surface area (Å²) in [4.78, 5) is 0. The van der Waals surface area contributed by atoms with Gasteiger partial charge in [-0.15, -0.1) is 0 Å². The van der Waals surface area contributed by atoms with E-state index in [1.165, 1.54) is 19.5 Å². The molecule has 2 aliphatic heterocycles. The molecule has 0 bridgehead atoms. The van der Waals surface area contributed by atoms with Crippen LogP contribution < -0.4 is 16.0 Å². The molecule has 3 N–H and O–H groups in total. The predicted molar refractivity (Wildman–Crippen MR) is 56.6 cm³/mol. The summed E-state index contributed by atoms with van der Waals surface area (Å²) in [5.41, 5.74) is 0. The molecule has 0 aliphatic carbocycles. The largest absolute Gasteiger partial charge is 0.387 e. The molecule has 2 heterocycles. The summed E-state index contributed by atoms with van der Waals surface area (Å²) in [5, 5.41) is 9.59. The van der Waals surface area contributed by atoms with Crippen molar-refractivity contribution in [2.75, 3.05) is 32.7 Å². The van der Waals surface area contributed by atoms with Gasteiger partial charge in [-0.2, -0.15) is 0 Å². The standard InChI is InChI=1S/C5H12N2.C5H7N/c1-2-6-4-5-7-3-1;1-2-4-6-5-3-1/h6-7H,1-5H2;1-4,6H,5H2. The molecule has 0 saturated carbocycles. The Hall–Kier alpha value is -0.800. The number of dihydropyridines is 1. The maximum absolute atomic E-state index is 3.28. The third kappa shape index (κ3) is 6.37. The van der Waals surface area contributed by atoms with Gasteiger partial charge in [-0.05, 0) is 31.8 Å². The Morgan fingerprint density at radius 1 is 0.846 bits per heavy atom. The number of allylic oxidation sites excluding steroid dienone is 2. The highest BCUT2D eigenvalue weighted by atomic mass is 15.0. The van der Waals surface area contributed by atoms with Gasteiger partial charge in [-0.25, -0.2) is 0 Å². The highest BCUT2D eigenvalue weighted by molar-refractivity contribution is 5.06. The van der Waals surface area contributed by atoms with Gasteiger partial charge in [0.05, 0.1) is 0 Å². The zero-order chi connectivity index (χ0) is 9.19.